The van der Waals surface area contributed by atoms with Crippen molar-refractivity contribution >= 4 is 29.0 Å². The van der Waals surface area contributed by atoms with E-state index in [1.165, 1.54) is 0 Å². The normalized spacial score (nSPS) is 18.2. The topological polar surface area (TPSA) is 59.0 Å². The number of rotatable bonds is 3. The Morgan fingerprint density at radius 2 is 1.79 bits per heavy atom. The van der Waals surface area contributed by atoms with Crippen LogP contribution in [0, 0.1) is 6.92 Å². The fourth-order valence-electron chi connectivity index (χ4n) is 3.73. The maximum atomic E-state index is 13.8. The molecule has 0 aliphatic carbocycles. The maximum absolute atomic E-state index is 13.8. The highest BCUT2D eigenvalue weighted by molar-refractivity contribution is 6.34. The third-order valence-electron chi connectivity index (χ3n) is 5.50. The zero-order chi connectivity index (χ0) is 24.8. The molecule has 0 fully saturated rings. The van der Waals surface area contributed by atoms with Gasteiger partial charge in [0.2, 0.25) is 0 Å². The molecule has 4 rings (SSSR count). The van der Waals surface area contributed by atoms with Crippen LogP contribution in [0.15, 0.2) is 48.7 Å². The molecule has 0 spiro atoms. The van der Waals surface area contributed by atoms with Crippen LogP contribution in [-0.4, -0.2) is 21.9 Å². The summed E-state index contributed by atoms with van der Waals surface area (Å²) in [4.78, 5) is 12.9. The number of benzene rings is 2. The lowest BCUT2D eigenvalue weighted by Gasteiger charge is -2.34. The van der Waals surface area contributed by atoms with E-state index in [1.54, 1.807) is 24.3 Å². The van der Waals surface area contributed by atoms with Crippen LogP contribution < -0.4 is 10.6 Å². The number of amides is 1. The molecule has 0 radical (unpaired) electrons. The van der Waals surface area contributed by atoms with Crippen molar-refractivity contribution < 1.29 is 31.1 Å². The number of alkyl halides is 6. The summed E-state index contributed by atoms with van der Waals surface area (Å²) < 4.78 is 81.3. The van der Waals surface area contributed by atoms with Gasteiger partial charge in [0, 0.05) is 6.42 Å². The average molecular weight is 503 g/mol. The van der Waals surface area contributed by atoms with Crippen molar-refractivity contribution in [3.05, 3.63) is 75.9 Å². The Labute approximate surface area is 194 Å². The number of carbonyl (C=O) groups is 1. The largest absolute Gasteiger partial charge is 0.416 e. The molecule has 1 aliphatic heterocycles. The van der Waals surface area contributed by atoms with Crippen LogP contribution in [0.2, 0.25) is 5.02 Å². The van der Waals surface area contributed by atoms with Gasteiger partial charge in [-0.15, -0.1) is 0 Å². The number of hydrogen-bond acceptors (Lipinski definition) is 3. The molecule has 2 N–H and O–H groups in total. The Morgan fingerprint density at radius 3 is 2.41 bits per heavy atom. The Kier molecular flexibility index (Phi) is 6.01. The molecule has 3 aromatic rings. The zero-order valence-corrected chi connectivity index (χ0v) is 18.2. The minimum Gasteiger partial charge on any atom is -0.363 e. The number of hydrogen-bond donors (Lipinski definition) is 2. The average Bonchev–Trinajstić information content (AvgIpc) is 3.17. The van der Waals surface area contributed by atoms with Crippen molar-refractivity contribution in [3.63, 3.8) is 0 Å². The van der Waals surface area contributed by atoms with Gasteiger partial charge < -0.3 is 10.6 Å². The second kappa shape index (κ2) is 8.53. The summed E-state index contributed by atoms with van der Waals surface area (Å²) in [6.45, 7) is 1.84. The number of halogens is 7. The molecule has 2 unspecified atom stereocenters. The number of fused-ring (bicyclic) bond motifs is 1. The van der Waals surface area contributed by atoms with Gasteiger partial charge in [0.25, 0.3) is 5.91 Å². The van der Waals surface area contributed by atoms with Gasteiger partial charge in [-0.1, -0.05) is 41.4 Å². The van der Waals surface area contributed by atoms with E-state index >= 15 is 0 Å². The molecule has 1 aromatic heterocycles. The smallest absolute Gasteiger partial charge is 0.363 e. The highest BCUT2D eigenvalue weighted by Crippen LogP contribution is 2.44. The number of carbonyl (C=O) groups excluding carboxylic acids is 1. The van der Waals surface area contributed by atoms with Crippen LogP contribution in [0.4, 0.5) is 37.8 Å². The van der Waals surface area contributed by atoms with Gasteiger partial charge >= 0.3 is 12.4 Å². The van der Waals surface area contributed by atoms with Gasteiger partial charge in [-0.3, -0.25) is 4.79 Å². The summed E-state index contributed by atoms with van der Waals surface area (Å²) in [7, 11) is 0. The van der Waals surface area contributed by atoms with Crippen molar-refractivity contribution in [1.82, 2.24) is 9.78 Å². The van der Waals surface area contributed by atoms with Crippen LogP contribution in [0.3, 0.4) is 0 Å². The van der Waals surface area contributed by atoms with Gasteiger partial charge in [-0.2, -0.15) is 31.4 Å². The molecule has 0 bridgehead atoms. The molecule has 2 atom stereocenters. The Hall–Kier alpha value is -3.21. The first-order valence-electron chi connectivity index (χ1n) is 10.00. The third-order valence-corrected chi connectivity index (χ3v) is 5.83. The minimum absolute atomic E-state index is 0.166. The zero-order valence-electron chi connectivity index (χ0n) is 17.4. The lowest BCUT2D eigenvalue weighted by molar-refractivity contribution is -0.173. The van der Waals surface area contributed by atoms with Gasteiger partial charge in [-0.25, -0.2) is 4.68 Å². The molecule has 12 heteroatoms. The molecule has 0 saturated carbocycles. The lowest BCUT2D eigenvalue weighted by Crippen LogP contribution is -2.36. The standard InChI is InChI=1S/C22H17ClF6N4O/c1-11-2-4-12(5-3-11)16-9-18(22(27,28)29)33-19(31-16)14(10-30-33)20(34)32-17-8-13(21(24,25)26)6-7-15(17)23/h2-8,10,16,18,31H,9H2,1H3,(H,32,34). The van der Waals surface area contributed by atoms with Crippen LogP contribution in [0.5, 0.6) is 0 Å². The molecule has 2 aromatic carbocycles. The van der Waals surface area contributed by atoms with Gasteiger partial charge in [-0.05, 0) is 30.7 Å². The van der Waals surface area contributed by atoms with Crippen molar-refractivity contribution in [2.45, 2.75) is 37.8 Å². The number of aromatic nitrogens is 2. The fraction of sp³-hybridized carbons (Fsp3) is 0.273. The highest BCUT2D eigenvalue weighted by Gasteiger charge is 2.47. The second-order valence-electron chi connectivity index (χ2n) is 7.90. The molecule has 1 amide bonds. The number of nitrogens with zero attached hydrogens (tertiary/aromatic N) is 2. The summed E-state index contributed by atoms with van der Waals surface area (Å²) in [6.07, 6.45) is -8.75. The third kappa shape index (κ3) is 4.70. The summed E-state index contributed by atoms with van der Waals surface area (Å²) in [5, 5.41) is 8.76. The number of aryl methyl sites for hydroxylation is 1. The second-order valence-corrected chi connectivity index (χ2v) is 8.31. The lowest BCUT2D eigenvalue weighted by atomic mass is 9.96. The highest BCUT2D eigenvalue weighted by atomic mass is 35.5. The van der Waals surface area contributed by atoms with Crippen molar-refractivity contribution in [3.8, 4) is 0 Å². The molecular formula is C22H17ClF6N4O. The Morgan fingerprint density at radius 1 is 1.12 bits per heavy atom. The summed E-state index contributed by atoms with van der Waals surface area (Å²) in [5.74, 6) is -1.15. The van der Waals surface area contributed by atoms with E-state index in [0.717, 1.165) is 23.9 Å². The van der Waals surface area contributed by atoms with Gasteiger partial charge in [0.05, 0.1) is 28.5 Å². The maximum Gasteiger partial charge on any atom is 0.416 e. The van der Waals surface area contributed by atoms with E-state index in [0.29, 0.717) is 16.3 Å². The van der Waals surface area contributed by atoms with E-state index in [2.05, 4.69) is 15.7 Å². The van der Waals surface area contributed by atoms with Crippen LogP contribution in [-0.2, 0) is 6.18 Å². The first-order chi connectivity index (χ1) is 15.8. The molecule has 5 nitrogen and oxygen atoms in total. The van der Waals surface area contributed by atoms with Crippen molar-refractivity contribution in [2.24, 2.45) is 0 Å². The molecule has 0 saturated heterocycles. The molecule has 1 aliphatic rings. The quantitative estimate of drug-likeness (QED) is 0.388. The number of nitrogens with one attached hydrogen (secondary N) is 2. The Balaban J connectivity index is 1.69. The SMILES string of the molecule is Cc1ccc(C2CC(C(F)(F)F)n3ncc(C(=O)Nc4cc(C(F)(F)F)ccc4Cl)c3N2)cc1. The monoisotopic (exact) mass is 502 g/mol. The first-order valence-corrected chi connectivity index (χ1v) is 10.4. The molecule has 34 heavy (non-hydrogen) atoms. The van der Waals surface area contributed by atoms with Crippen LogP contribution in [0.25, 0.3) is 0 Å². The van der Waals surface area contributed by atoms with Crippen molar-refractivity contribution in [1.29, 1.82) is 0 Å². The number of anilines is 2. The summed E-state index contributed by atoms with van der Waals surface area (Å²) in [5.41, 5.74) is -0.132. The first kappa shape index (κ1) is 23.9. The van der Waals surface area contributed by atoms with E-state index in [-0.39, 0.29) is 28.5 Å². The van der Waals surface area contributed by atoms with Crippen molar-refractivity contribution in [2.75, 3.05) is 10.6 Å². The van der Waals surface area contributed by atoms with E-state index in [1.807, 2.05) is 6.92 Å². The molecule has 180 valence electrons. The molecule has 2 heterocycles. The van der Waals surface area contributed by atoms with E-state index in [9.17, 15) is 31.1 Å². The predicted molar refractivity (Wildman–Crippen MR) is 114 cm³/mol. The van der Waals surface area contributed by atoms with E-state index in [4.69, 9.17) is 11.6 Å². The van der Waals surface area contributed by atoms with Crippen LogP contribution in [0.1, 0.15) is 45.6 Å². The van der Waals surface area contributed by atoms with Gasteiger partial charge in [0.1, 0.15) is 11.4 Å². The fourth-order valence-corrected chi connectivity index (χ4v) is 3.90. The van der Waals surface area contributed by atoms with Gasteiger partial charge in [0.15, 0.2) is 6.04 Å². The van der Waals surface area contributed by atoms with Crippen LogP contribution >= 0.6 is 11.6 Å². The predicted octanol–water partition coefficient (Wildman–Crippen LogP) is 6.78. The Bertz CT molecular complexity index is 1220. The summed E-state index contributed by atoms with van der Waals surface area (Å²) >= 11 is 5.93. The minimum atomic E-state index is -4.68. The summed E-state index contributed by atoms with van der Waals surface area (Å²) in [6, 6.07) is 6.48. The van der Waals surface area contributed by atoms with E-state index < -0.39 is 35.9 Å². The molecular weight excluding hydrogens is 486 g/mol.